The van der Waals surface area contributed by atoms with Gasteiger partial charge in [0.15, 0.2) is 0 Å². The smallest absolute Gasteiger partial charge is 0.241 e. The molecule has 0 aliphatic carbocycles. The predicted octanol–water partition coefficient (Wildman–Crippen LogP) is 1.95. The Morgan fingerprint density at radius 3 is 2.50 bits per heavy atom. The molecule has 0 fully saturated rings. The van der Waals surface area contributed by atoms with Crippen molar-refractivity contribution in [2.75, 3.05) is 44.4 Å². The van der Waals surface area contributed by atoms with E-state index in [4.69, 9.17) is 0 Å². The molecule has 1 N–H and O–H groups in total. The fourth-order valence-corrected chi connectivity index (χ4v) is 1.69. The molecule has 0 aliphatic rings. The first kappa shape index (κ1) is 14.4. The van der Waals surface area contributed by atoms with Crippen LogP contribution in [0, 0.1) is 6.92 Å². The van der Waals surface area contributed by atoms with Crippen molar-refractivity contribution in [3.05, 3.63) is 23.8 Å². The van der Waals surface area contributed by atoms with Crippen LogP contribution >= 0.6 is 0 Å². The van der Waals surface area contributed by atoms with Crippen LogP contribution in [0.2, 0.25) is 0 Å². The van der Waals surface area contributed by atoms with Crippen LogP contribution in [-0.4, -0.2) is 45.0 Å². The van der Waals surface area contributed by atoms with E-state index in [1.54, 1.807) is 4.90 Å². The lowest BCUT2D eigenvalue weighted by Crippen LogP contribution is -2.31. The van der Waals surface area contributed by atoms with Crippen molar-refractivity contribution in [3.63, 3.8) is 0 Å². The van der Waals surface area contributed by atoms with Gasteiger partial charge in [0, 0.05) is 39.1 Å². The van der Waals surface area contributed by atoms with Crippen molar-refractivity contribution >= 4 is 17.3 Å². The fourth-order valence-electron chi connectivity index (χ4n) is 1.69. The zero-order valence-electron chi connectivity index (χ0n) is 11.9. The minimum absolute atomic E-state index is 0.101. The first-order chi connectivity index (χ1) is 8.45. The SMILES string of the molecule is CCN(C)C(=O)CNc1ccc(C)c(N(C)C)c1. The fraction of sp³-hybridized carbons (Fsp3) is 0.500. The Kier molecular flexibility index (Phi) is 5.01. The van der Waals surface area contributed by atoms with E-state index in [9.17, 15) is 4.79 Å². The monoisotopic (exact) mass is 249 g/mol. The number of rotatable bonds is 5. The minimum Gasteiger partial charge on any atom is -0.377 e. The number of nitrogens with zero attached hydrogens (tertiary/aromatic N) is 2. The van der Waals surface area contributed by atoms with E-state index in [2.05, 4.69) is 29.3 Å². The van der Waals surface area contributed by atoms with Crippen LogP contribution in [0.4, 0.5) is 11.4 Å². The highest BCUT2D eigenvalue weighted by Crippen LogP contribution is 2.22. The standard InChI is InChI=1S/C14H23N3O/c1-6-17(5)14(18)10-15-12-8-7-11(2)13(9-12)16(3)4/h7-9,15H,6,10H2,1-5H3. The number of aryl methyl sites for hydroxylation is 1. The molecule has 0 bridgehead atoms. The zero-order chi connectivity index (χ0) is 13.7. The molecule has 0 atom stereocenters. The Hall–Kier alpha value is -1.71. The Morgan fingerprint density at radius 2 is 1.94 bits per heavy atom. The van der Waals surface area contributed by atoms with Gasteiger partial charge in [-0.1, -0.05) is 6.07 Å². The summed E-state index contributed by atoms with van der Waals surface area (Å²) in [6.07, 6.45) is 0. The Bertz CT molecular complexity index is 416. The van der Waals surface area contributed by atoms with Crippen LogP contribution in [0.25, 0.3) is 0 Å². The van der Waals surface area contributed by atoms with Gasteiger partial charge in [-0.3, -0.25) is 4.79 Å². The molecule has 0 radical (unpaired) electrons. The summed E-state index contributed by atoms with van der Waals surface area (Å²) in [5, 5.41) is 3.16. The molecule has 4 nitrogen and oxygen atoms in total. The topological polar surface area (TPSA) is 35.6 Å². The molecule has 100 valence electrons. The lowest BCUT2D eigenvalue weighted by Gasteiger charge is -2.18. The van der Waals surface area contributed by atoms with Crippen LogP contribution in [0.5, 0.6) is 0 Å². The number of hydrogen-bond donors (Lipinski definition) is 1. The normalized spacial score (nSPS) is 10.1. The molecule has 0 spiro atoms. The minimum atomic E-state index is 0.101. The number of nitrogens with one attached hydrogen (secondary N) is 1. The number of amides is 1. The Morgan fingerprint density at radius 1 is 1.28 bits per heavy atom. The molecule has 4 heteroatoms. The summed E-state index contributed by atoms with van der Waals surface area (Å²) in [7, 11) is 5.84. The van der Waals surface area contributed by atoms with Gasteiger partial charge in [-0.15, -0.1) is 0 Å². The zero-order valence-corrected chi connectivity index (χ0v) is 11.9. The van der Waals surface area contributed by atoms with Crippen LogP contribution in [0.1, 0.15) is 12.5 Å². The van der Waals surface area contributed by atoms with E-state index >= 15 is 0 Å². The second-order valence-corrected chi connectivity index (χ2v) is 4.66. The van der Waals surface area contributed by atoms with Crippen molar-refractivity contribution < 1.29 is 4.79 Å². The van der Waals surface area contributed by atoms with Gasteiger partial charge in [0.05, 0.1) is 6.54 Å². The molecule has 1 amide bonds. The molecule has 0 saturated carbocycles. The maximum absolute atomic E-state index is 11.7. The summed E-state index contributed by atoms with van der Waals surface area (Å²) in [6.45, 7) is 5.11. The second kappa shape index (κ2) is 6.28. The van der Waals surface area contributed by atoms with Gasteiger partial charge >= 0.3 is 0 Å². The van der Waals surface area contributed by atoms with Crippen LogP contribution in [-0.2, 0) is 4.79 Å². The van der Waals surface area contributed by atoms with Crippen LogP contribution in [0.15, 0.2) is 18.2 Å². The first-order valence-electron chi connectivity index (χ1n) is 6.21. The van der Waals surface area contributed by atoms with Crippen molar-refractivity contribution in [2.45, 2.75) is 13.8 Å². The Labute approximate surface area is 110 Å². The molecular formula is C14H23N3O. The van der Waals surface area contributed by atoms with Gasteiger partial charge in [-0.2, -0.15) is 0 Å². The molecule has 0 aliphatic heterocycles. The van der Waals surface area contributed by atoms with Gasteiger partial charge in [-0.05, 0) is 31.5 Å². The number of carbonyl (C=O) groups is 1. The van der Waals surface area contributed by atoms with Gasteiger partial charge in [0.1, 0.15) is 0 Å². The maximum Gasteiger partial charge on any atom is 0.241 e. The van der Waals surface area contributed by atoms with Crippen molar-refractivity contribution in [2.24, 2.45) is 0 Å². The van der Waals surface area contributed by atoms with Crippen molar-refractivity contribution in [1.29, 1.82) is 0 Å². The van der Waals surface area contributed by atoms with Crippen LogP contribution < -0.4 is 10.2 Å². The Balaban J connectivity index is 2.69. The van der Waals surface area contributed by atoms with Gasteiger partial charge in [0.25, 0.3) is 0 Å². The van der Waals surface area contributed by atoms with E-state index in [1.807, 2.05) is 34.1 Å². The average molecular weight is 249 g/mol. The third-order valence-electron chi connectivity index (χ3n) is 3.03. The van der Waals surface area contributed by atoms with Gasteiger partial charge in [-0.25, -0.2) is 0 Å². The predicted molar refractivity (Wildman–Crippen MR) is 77.3 cm³/mol. The third kappa shape index (κ3) is 3.65. The first-order valence-corrected chi connectivity index (χ1v) is 6.21. The molecule has 0 heterocycles. The molecule has 0 aromatic heterocycles. The average Bonchev–Trinajstić information content (AvgIpc) is 2.36. The number of benzene rings is 1. The lowest BCUT2D eigenvalue weighted by atomic mass is 10.1. The van der Waals surface area contributed by atoms with Crippen LogP contribution in [0.3, 0.4) is 0 Å². The number of hydrogen-bond acceptors (Lipinski definition) is 3. The number of anilines is 2. The quantitative estimate of drug-likeness (QED) is 0.866. The second-order valence-electron chi connectivity index (χ2n) is 4.66. The molecule has 1 aromatic rings. The van der Waals surface area contributed by atoms with E-state index in [-0.39, 0.29) is 5.91 Å². The molecular weight excluding hydrogens is 226 g/mol. The molecule has 0 unspecified atom stereocenters. The van der Waals surface area contributed by atoms with E-state index in [0.717, 1.165) is 17.9 Å². The highest BCUT2D eigenvalue weighted by molar-refractivity contribution is 5.81. The third-order valence-corrected chi connectivity index (χ3v) is 3.03. The summed E-state index contributed by atoms with van der Waals surface area (Å²) in [4.78, 5) is 15.5. The molecule has 1 aromatic carbocycles. The lowest BCUT2D eigenvalue weighted by molar-refractivity contribution is -0.127. The number of carbonyl (C=O) groups excluding carboxylic acids is 1. The van der Waals surface area contributed by atoms with Gasteiger partial charge < -0.3 is 15.1 Å². The largest absolute Gasteiger partial charge is 0.377 e. The maximum atomic E-state index is 11.7. The van der Waals surface area contributed by atoms with Crippen molar-refractivity contribution in [1.82, 2.24) is 4.90 Å². The van der Waals surface area contributed by atoms with E-state index < -0.39 is 0 Å². The highest BCUT2D eigenvalue weighted by atomic mass is 16.2. The molecule has 18 heavy (non-hydrogen) atoms. The van der Waals surface area contributed by atoms with Crippen molar-refractivity contribution in [3.8, 4) is 0 Å². The summed E-state index contributed by atoms with van der Waals surface area (Å²) < 4.78 is 0. The summed E-state index contributed by atoms with van der Waals surface area (Å²) in [6, 6.07) is 6.13. The van der Waals surface area contributed by atoms with E-state index in [0.29, 0.717) is 6.54 Å². The highest BCUT2D eigenvalue weighted by Gasteiger charge is 2.07. The molecule has 1 rings (SSSR count). The van der Waals surface area contributed by atoms with Gasteiger partial charge in [0.2, 0.25) is 5.91 Å². The molecule has 0 saturated heterocycles. The van der Waals surface area contributed by atoms with E-state index in [1.165, 1.54) is 5.56 Å². The summed E-state index contributed by atoms with van der Waals surface area (Å²) in [5.74, 6) is 0.101. The summed E-state index contributed by atoms with van der Waals surface area (Å²) >= 11 is 0. The number of likely N-dealkylation sites (N-methyl/N-ethyl adjacent to an activating group) is 1. The summed E-state index contributed by atoms with van der Waals surface area (Å²) in [5.41, 5.74) is 3.36.